The molecule has 0 saturated heterocycles. The third kappa shape index (κ3) is 5.41. The van der Waals surface area contributed by atoms with Crippen LogP contribution in [0.15, 0.2) is 0 Å². The Morgan fingerprint density at radius 2 is 1.89 bits per heavy atom. The first-order chi connectivity index (χ1) is 8.81. The summed E-state index contributed by atoms with van der Waals surface area (Å²) in [7, 11) is 5.10. The van der Waals surface area contributed by atoms with Gasteiger partial charge in [-0.3, -0.25) is 0 Å². The number of methoxy groups -OCH3 is 3. The number of nitrogens with one attached hydrogen (secondary N) is 1. The normalized spacial score (nSPS) is 11.1. The minimum Gasteiger partial charge on any atom is -0.384 e. The van der Waals surface area contributed by atoms with Crippen LogP contribution in [0.1, 0.15) is 15.6 Å². The molecule has 1 N–H and O–H groups in total. The van der Waals surface area contributed by atoms with E-state index in [1.54, 1.807) is 32.7 Å². The van der Waals surface area contributed by atoms with Gasteiger partial charge in [0.1, 0.15) is 0 Å². The van der Waals surface area contributed by atoms with Crippen molar-refractivity contribution in [3.63, 3.8) is 0 Å². The Kier molecular flexibility index (Phi) is 8.11. The van der Waals surface area contributed by atoms with E-state index in [-0.39, 0.29) is 0 Å². The lowest BCUT2D eigenvalue weighted by atomic mass is 10.3. The second-order valence-electron chi connectivity index (χ2n) is 3.82. The number of thiazole rings is 1. The van der Waals surface area contributed by atoms with Gasteiger partial charge in [-0.05, 0) is 0 Å². The van der Waals surface area contributed by atoms with E-state index < -0.39 is 0 Å². The zero-order valence-electron chi connectivity index (χ0n) is 11.3. The maximum atomic E-state index is 5.17. The van der Waals surface area contributed by atoms with Gasteiger partial charge in [0.2, 0.25) is 0 Å². The summed E-state index contributed by atoms with van der Waals surface area (Å²) in [6.45, 7) is 3.64. The predicted molar refractivity (Wildman–Crippen MR) is 72.0 cm³/mol. The average molecular weight is 274 g/mol. The van der Waals surface area contributed by atoms with Gasteiger partial charge in [-0.25, -0.2) is 4.98 Å². The Balaban J connectivity index is 2.53. The minimum atomic E-state index is 0.560. The minimum absolute atomic E-state index is 0.560. The summed E-state index contributed by atoms with van der Waals surface area (Å²) >= 11 is 1.72. The summed E-state index contributed by atoms with van der Waals surface area (Å²) < 4.78 is 15.2. The molecule has 1 aromatic rings. The molecule has 0 atom stereocenters. The lowest BCUT2D eigenvalue weighted by Gasteiger charge is -2.03. The largest absolute Gasteiger partial charge is 0.384 e. The number of ether oxygens (including phenoxy) is 3. The van der Waals surface area contributed by atoms with Gasteiger partial charge >= 0.3 is 0 Å². The summed E-state index contributed by atoms with van der Waals surface area (Å²) in [6, 6.07) is 0. The lowest BCUT2D eigenvalue weighted by Crippen LogP contribution is -2.18. The molecule has 104 valence electrons. The molecule has 6 heteroatoms. The smallest absolute Gasteiger partial charge is 0.0955 e. The summed E-state index contributed by atoms with van der Waals surface area (Å²) in [5.41, 5.74) is 1.03. The number of hydrogen-bond acceptors (Lipinski definition) is 6. The van der Waals surface area contributed by atoms with Crippen molar-refractivity contribution in [1.82, 2.24) is 10.3 Å². The number of aromatic nitrogens is 1. The molecule has 0 fully saturated rings. The number of rotatable bonds is 10. The molecule has 0 aliphatic carbocycles. The highest BCUT2D eigenvalue weighted by atomic mass is 32.1. The molecule has 0 unspecified atom stereocenters. The van der Waals surface area contributed by atoms with Crippen LogP contribution >= 0.6 is 11.3 Å². The van der Waals surface area contributed by atoms with Gasteiger partial charge in [0, 0.05) is 45.7 Å². The Morgan fingerprint density at radius 3 is 2.56 bits per heavy atom. The first kappa shape index (κ1) is 15.5. The molecule has 0 aromatic carbocycles. The molecule has 0 spiro atoms. The van der Waals surface area contributed by atoms with E-state index in [2.05, 4.69) is 10.3 Å². The number of nitrogens with zero attached hydrogens (tertiary/aromatic N) is 1. The Hall–Kier alpha value is -0.530. The van der Waals surface area contributed by atoms with Crippen LogP contribution in [0.4, 0.5) is 0 Å². The highest BCUT2D eigenvalue weighted by molar-refractivity contribution is 7.11. The van der Waals surface area contributed by atoms with Crippen LogP contribution in [0.2, 0.25) is 0 Å². The first-order valence-corrected chi connectivity index (χ1v) is 6.78. The lowest BCUT2D eigenvalue weighted by molar-refractivity contribution is 0.180. The molecule has 0 bridgehead atoms. The van der Waals surface area contributed by atoms with E-state index in [4.69, 9.17) is 14.2 Å². The molecule has 5 nitrogen and oxygen atoms in total. The van der Waals surface area contributed by atoms with Crippen LogP contribution in [0.5, 0.6) is 0 Å². The molecule has 0 aliphatic rings. The fourth-order valence-corrected chi connectivity index (χ4v) is 2.52. The molecule has 1 heterocycles. The second-order valence-corrected chi connectivity index (χ2v) is 4.99. The summed E-state index contributed by atoms with van der Waals surface area (Å²) in [5.74, 6) is 0. The van der Waals surface area contributed by atoms with Gasteiger partial charge in [-0.1, -0.05) is 0 Å². The standard InChI is InChI=1S/C12H22N2O3S/c1-15-6-4-12-14-10(9-17-3)11(18-12)8-13-5-7-16-2/h13H,4-9H2,1-3H3. The predicted octanol–water partition coefficient (Wildman–Crippen LogP) is 1.21. The van der Waals surface area contributed by atoms with E-state index in [0.29, 0.717) is 13.2 Å². The third-order valence-corrected chi connectivity index (χ3v) is 3.55. The SMILES string of the molecule is COCCNCc1sc(CCOC)nc1COC. The highest BCUT2D eigenvalue weighted by Crippen LogP contribution is 2.20. The molecule has 0 radical (unpaired) electrons. The summed E-state index contributed by atoms with van der Waals surface area (Å²) in [6.07, 6.45) is 0.857. The zero-order chi connectivity index (χ0) is 13.2. The Bertz CT molecular complexity index is 331. The van der Waals surface area contributed by atoms with E-state index in [1.165, 1.54) is 4.88 Å². The first-order valence-electron chi connectivity index (χ1n) is 5.96. The number of hydrogen-bond donors (Lipinski definition) is 1. The van der Waals surface area contributed by atoms with Crippen LogP contribution in [0.3, 0.4) is 0 Å². The molecule has 0 aliphatic heterocycles. The van der Waals surface area contributed by atoms with E-state index in [1.807, 2.05) is 0 Å². The molecule has 1 rings (SSSR count). The second kappa shape index (κ2) is 9.41. The molecular formula is C12H22N2O3S. The van der Waals surface area contributed by atoms with Crippen LogP contribution in [0, 0.1) is 0 Å². The quantitative estimate of drug-likeness (QED) is 0.650. The summed E-state index contributed by atoms with van der Waals surface area (Å²) in [5, 5.41) is 4.43. The van der Waals surface area contributed by atoms with Gasteiger partial charge in [0.25, 0.3) is 0 Å². The fourth-order valence-electron chi connectivity index (χ4n) is 1.50. The van der Waals surface area contributed by atoms with Gasteiger partial charge in [-0.2, -0.15) is 0 Å². The average Bonchev–Trinajstić information content (AvgIpc) is 2.75. The van der Waals surface area contributed by atoms with Crippen molar-refractivity contribution in [3.05, 3.63) is 15.6 Å². The van der Waals surface area contributed by atoms with Crippen molar-refractivity contribution >= 4 is 11.3 Å². The summed E-state index contributed by atoms with van der Waals surface area (Å²) in [4.78, 5) is 5.81. The van der Waals surface area contributed by atoms with Crippen LogP contribution in [-0.4, -0.2) is 46.1 Å². The van der Waals surface area contributed by atoms with Crippen LogP contribution in [-0.2, 0) is 33.8 Å². The van der Waals surface area contributed by atoms with Gasteiger partial charge in [0.15, 0.2) is 0 Å². The van der Waals surface area contributed by atoms with E-state index >= 15 is 0 Å². The fraction of sp³-hybridized carbons (Fsp3) is 0.750. The molecule has 1 aromatic heterocycles. The van der Waals surface area contributed by atoms with Gasteiger partial charge in [0.05, 0.1) is 30.5 Å². The van der Waals surface area contributed by atoms with Gasteiger partial charge in [-0.15, -0.1) is 11.3 Å². The van der Waals surface area contributed by atoms with Crippen molar-refractivity contribution < 1.29 is 14.2 Å². The Morgan fingerprint density at radius 1 is 1.11 bits per heavy atom. The van der Waals surface area contributed by atoms with E-state index in [9.17, 15) is 0 Å². The van der Waals surface area contributed by atoms with Gasteiger partial charge < -0.3 is 19.5 Å². The topological polar surface area (TPSA) is 52.6 Å². The molecule has 0 amide bonds. The maximum Gasteiger partial charge on any atom is 0.0955 e. The highest BCUT2D eigenvalue weighted by Gasteiger charge is 2.10. The monoisotopic (exact) mass is 274 g/mol. The zero-order valence-corrected chi connectivity index (χ0v) is 12.1. The van der Waals surface area contributed by atoms with Crippen molar-refractivity contribution in [2.24, 2.45) is 0 Å². The van der Waals surface area contributed by atoms with Crippen molar-refractivity contribution in [2.45, 2.75) is 19.6 Å². The molecule has 0 saturated carbocycles. The third-order valence-electron chi connectivity index (χ3n) is 2.39. The van der Waals surface area contributed by atoms with Crippen molar-refractivity contribution in [3.8, 4) is 0 Å². The van der Waals surface area contributed by atoms with Crippen molar-refractivity contribution in [1.29, 1.82) is 0 Å². The van der Waals surface area contributed by atoms with E-state index in [0.717, 1.165) is 36.8 Å². The molecule has 18 heavy (non-hydrogen) atoms. The van der Waals surface area contributed by atoms with Crippen molar-refractivity contribution in [2.75, 3.05) is 41.1 Å². The maximum absolute atomic E-state index is 5.17. The molecular weight excluding hydrogens is 252 g/mol. The van der Waals surface area contributed by atoms with Crippen LogP contribution in [0.25, 0.3) is 0 Å². The Labute approximate surface area is 112 Å². The van der Waals surface area contributed by atoms with Crippen LogP contribution < -0.4 is 5.32 Å².